The summed E-state index contributed by atoms with van der Waals surface area (Å²) < 4.78 is 10.6. The Balaban J connectivity index is 1.93. The van der Waals surface area contributed by atoms with Gasteiger partial charge < -0.3 is 9.47 Å². The number of aryl methyl sites for hydroxylation is 2. The number of hydrogen-bond donors (Lipinski definition) is 0. The molecule has 7 heteroatoms. The molecule has 1 aliphatic rings. The van der Waals surface area contributed by atoms with Gasteiger partial charge in [-0.15, -0.1) is 11.3 Å². The Hall–Kier alpha value is -2.41. The van der Waals surface area contributed by atoms with E-state index < -0.39 is 5.97 Å². The minimum Gasteiger partial charge on any atom is -0.482 e. The maximum absolute atomic E-state index is 12.3. The van der Waals surface area contributed by atoms with Gasteiger partial charge in [-0.25, -0.2) is 4.98 Å². The maximum atomic E-state index is 12.3. The van der Waals surface area contributed by atoms with Crippen LogP contribution in [-0.2, 0) is 14.3 Å². The van der Waals surface area contributed by atoms with Crippen LogP contribution < -0.4 is 9.64 Å². The lowest BCUT2D eigenvalue weighted by Crippen LogP contribution is -2.42. The monoisotopic (exact) mass is 360 g/mol. The van der Waals surface area contributed by atoms with Crippen molar-refractivity contribution in [3.8, 4) is 17.0 Å². The van der Waals surface area contributed by atoms with Gasteiger partial charge >= 0.3 is 5.97 Å². The molecule has 1 aliphatic heterocycles. The first kappa shape index (κ1) is 17.4. The van der Waals surface area contributed by atoms with Crippen molar-refractivity contribution < 1.29 is 19.1 Å². The van der Waals surface area contributed by atoms with Crippen molar-refractivity contribution >= 4 is 28.9 Å². The fourth-order valence-corrected chi connectivity index (χ4v) is 3.55. The third-order valence-electron chi connectivity index (χ3n) is 3.83. The highest BCUT2D eigenvalue weighted by Crippen LogP contribution is 2.37. The molecule has 0 unspecified atom stereocenters. The molecule has 1 amide bonds. The second kappa shape index (κ2) is 7.23. The zero-order chi connectivity index (χ0) is 18.0. The molecular weight excluding hydrogens is 340 g/mol. The van der Waals surface area contributed by atoms with E-state index >= 15 is 0 Å². The number of aromatic nitrogens is 1. The van der Waals surface area contributed by atoms with Crippen LogP contribution in [0.2, 0.25) is 0 Å². The number of anilines is 1. The summed E-state index contributed by atoms with van der Waals surface area (Å²) in [6, 6.07) is 5.58. The molecule has 0 fully saturated rings. The van der Waals surface area contributed by atoms with Gasteiger partial charge in [0.1, 0.15) is 12.3 Å². The molecule has 3 rings (SSSR count). The molecule has 2 heterocycles. The molecule has 1 aromatic carbocycles. The molecule has 1 aromatic heterocycles. The van der Waals surface area contributed by atoms with Gasteiger partial charge in [-0.3, -0.25) is 14.5 Å². The third kappa shape index (κ3) is 3.66. The van der Waals surface area contributed by atoms with Crippen molar-refractivity contribution in [2.24, 2.45) is 0 Å². The van der Waals surface area contributed by atoms with E-state index in [4.69, 9.17) is 9.47 Å². The smallest absolute Gasteiger partial charge is 0.326 e. The maximum Gasteiger partial charge on any atom is 0.326 e. The van der Waals surface area contributed by atoms with Crippen LogP contribution in [0.3, 0.4) is 0 Å². The SMILES string of the molecule is CCCOC(=O)CN1C(=O)COc2ccc(-c3nc(C)sc3C)cc21. The van der Waals surface area contributed by atoms with E-state index in [9.17, 15) is 9.59 Å². The zero-order valence-corrected chi connectivity index (χ0v) is 15.3. The lowest BCUT2D eigenvalue weighted by molar-refractivity contribution is -0.143. The number of thiazole rings is 1. The molecule has 0 saturated carbocycles. The average Bonchev–Trinajstić information content (AvgIpc) is 2.93. The summed E-state index contributed by atoms with van der Waals surface area (Å²) in [5.74, 6) is -0.102. The summed E-state index contributed by atoms with van der Waals surface area (Å²) in [5.41, 5.74) is 2.36. The number of carbonyl (C=O) groups excluding carboxylic acids is 2. The number of ether oxygens (including phenoxy) is 2. The Labute approximate surface area is 150 Å². The fourth-order valence-electron chi connectivity index (χ4n) is 2.71. The highest BCUT2D eigenvalue weighted by atomic mass is 32.1. The number of nitrogens with zero attached hydrogens (tertiary/aromatic N) is 2. The van der Waals surface area contributed by atoms with E-state index in [0.29, 0.717) is 18.0 Å². The number of amides is 1. The highest BCUT2D eigenvalue weighted by Gasteiger charge is 2.28. The first-order valence-electron chi connectivity index (χ1n) is 8.16. The number of esters is 1. The van der Waals surface area contributed by atoms with E-state index in [1.807, 2.05) is 39.0 Å². The topological polar surface area (TPSA) is 68.7 Å². The van der Waals surface area contributed by atoms with Gasteiger partial charge in [0.25, 0.3) is 5.91 Å². The second-order valence-corrected chi connectivity index (χ2v) is 7.22. The third-order valence-corrected chi connectivity index (χ3v) is 4.72. The highest BCUT2D eigenvalue weighted by molar-refractivity contribution is 7.11. The molecule has 0 bridgehead atoms. The molecule has 0 atom stereocenters. The first-order valence-corrected chi connectivity index (χ1v) is 8.98. The van der Waals surface area contributed by atoms with Crippen LogP contribution >= 0.6 is 11.3 Å². The van der Waals surface area contributed by atoms with Crippen LogP contribution in [-0.4, -0.2) is 36.6 Å². The Morgan fingerprint density at radius 3 is 2.88 bits per heavy atom. The molecule has 2 aromatic rings. The van der Waals surface area contributed by atoms with Gasteiger partial charge in [-0.05, 0) is 38.5 Å². The van der Waals surface area contributed by atoms with Crippen molar-refractivity contribution in [2.75, 3.05) is 24.7 Å². The standard InChI is InChI=1S/C18H20N2O4S/c1-4-7-23-17(22)9-20-14-8-13(18-11(2)25-12(3)19-18)5-6-15(14)24-10-16(20)21/h5-6,8H,4,7,9-10H2,1-3H3. The number of carbonyl (C=O) groups is 2. The zero-order valence-electron chi connectivity index (χ0n) is 14.5. The van der Waals surface area contributed by atoms with Crippen LogP contribution in [0.5, 0.6) is 5.75 Å². The molecule has 0 aliphatic carbocycles. The lowest BCUT2D eigenvalue weighted by Gasteiger charge is -2.29. The Kier molecular flexibility index (Phi) is 5.03. The summed E-state index contributed by atoms with van der Waals surface area (Å²) in [6.07, 6.45) is 0.742. The molecular formula is C18H20N2O4S. The van der Waals surface area contributed by atoms with Crippen molar-refractivity contribution in [3.05, 3.63) is 28.1 Å². The summed E-state index contributed by atoms with van der Waals surface area (Å²) in [6.45, 7) is 6.05. The van der Waals surface area contributed by atoms with Crippen molar-refractivity contribution in [3.63, 3.8) is 0 Å². The molecule has 0 radical (unpaired) electrons. The van der Waals surface area contributed by atoms with Gasteiger partial charge in [-0.1, -0.05) is 6.92 Å². The van der Waals surface area contributed by atoms with E-state index in [-0.39, 0.29) is 19.1 Å². The number of fused-ring (bicyclic) bond motifs is 1. The van der Waals surface area contributed by atoms with Gasteiger partial charge in [0.2, 0.25) is 0 Å². The average molecular weight is 360 g/mol. The predicted molar refractivity (Wildman–Crippen MR) is 96.1 cm³/mol. The van der Waals surface area contributed by atoms with E-state index in [1.54, 1.807) is 11.3 Å². The minimum absolute atomic E-state index is 0.0811. The second-order valence-electron chi connectivity index (χ2n) is 5.81. The molecule has 6 nitrogen and oxygen atoms in total. The van der Waals surface area contributed by atoms with E-state index in [1.165, 1.54) is 4.90 Å². The fraction of sp³-hybridized carbons (Fsp3) is 0.389. The predicted octanol–water partition coefficient (Wildman–Crippen LogP) is 3.11. The molecule has 0 spiro atoms. The summed E-state index contributed by atoms with van der Waals surface area (Å²) in [5, 5.41) is 0.984. The minimum atomic E-state index is -0.422. The molecule has 25 heavy (non-hydrogen) atoms. The number of hydrogen-bond acceptors (Lipinski definition) is 6. The van der Waals surface area contributed by atoms with Gasteiger partial charge in [0, 0.05) is 10.4 Å². The van der Waals surface area contributed by atoms with Crippen LogP contribution in [0.15, 0.2) is 18.2 Å². The van der Waals surface area contributed by atoms with Crippen LogP contribution in [0.25, 0.3) is 11.3 Å². The molecule has 132 valence electrons. The van der Waals surface area contributed by atoms with Crippen molar-refractivity contribution in [1.82, 2.24) is 4.98 Å². The van der Waals surface area contributed by atoms with Crippen molar-refractivity contribution in [2.45, 2.75) is 27.2 Å². The van der Waals surface area contributed by atoms with E-state index in [2.05, 4.69) is 4.98 Å². The summed E-state index contributed by atoms with van der Waals surface area (Å²) in [4.78, 5) is 31.3. The number of benzene rings is 1. The largest absolute Gasteiger partial charge is 0.482 e. The first-order chi connectivity index (χ1) is 12.0. The normalized spacial score (nSPS) is 13.4. The molecule has 0 saturated heterocycles. The number of rotatable bonds is 5. The van der Waals surface area contributed by atoms with Gasteiger partial charge in [0.05, 0.1) is 23.0 Å². The molecule has 0 N–H and O–H groups in total. The van der Waals surface area contributed by atoms with Crippen LogP contribution in [0, 0.1) is 13.8 Å². The van der Waals surface area contributed by atoms with Gasteiger partial charge in [0.15, 0.2) is 6.61 Å². The summed E-state index contributed by atoms with van der Waals surface area (Å²) in [7, 11) is 0. The Morgan fingerprint density at radius 2 is 2.20 bits per heavy atom. The summed E-state index contributed by atoms with van der Waals surface area (Å²) >= 11 is 1.63. The quantitative estimate of drug-likeness (QED) is 0.767. The lowest BCUT2D eigenvalue weighted by atomic mass is 10.1. The van der Waals surface area contributed by atoms with E-state index in [0.717, 1.165) is 27.6 Å². The van der Waals surface area contributed by atoms with Crippen LogP contribution in [0.4, 0.5) is 5.69 Å². The van der Waals surface area contributed by atoms with Gasteiger partial charge in [-0.2, -0.15) is 0 Å². The van der Waals surface area contributed by atoms with Crippen LogP contribution in [0.1, 0.15) is 23.2 Å². The van der Waals surface area contributed by atoms with Crippen molar-refractivity contribution in [1.29, 1.82) is 0 Å². The Morgan fingerprint density at radius 1 is 1.40 bits per heavy atom. The Bertz CT molecular complexity index is 815.